The smallest absolute Gasteiger partial charge is 0.325 e. The van der Waals surface area contributed by atoms with Crippen LogP contribution in [0.4, 0.5) is 4.79 Å². The Morgan fingerprint density at radius 1 is 1.29 bits per heavy atom. The Labute approximate surface area is 127 Å². The first-order valence-electron chi connectivity index (χ1n) is 6.73. The molecule has 1 aliphatic rings. The summed E-state index contributed by atoms with van der Waals surface area (Å²) in [6, 6.07) is -0.342. The van der Waals surface area contributed by atoms with Gasteiger partial charge in [0.2, 0.25) is 0 Å². The lowest BCUT2D eigenvalue weighted by molar-refractivity contribution is -0.130. The summed E-state index contributed by atoms with van der Waals surface area (Å²) in [5, 5.41) is 11.5. The Kier molecular flexibility index (Phi) is 4.52. The maximum absolute atomic E-state index is 12.0. The van der Waals surface area contributed by atoms with Crippen molar-refractivity contribution < 1.29 is 9.59 Å². The van der Waals surface area contributed by atoms with E-state index in [9.17, 15) is 9.59 Å². The molecular formula is C12H20N6O2S. The predicted octanol–water partition coefficient (Wildman–Crippen LogP) is -0.0323. The first-order chi connectivity index (χ1) is 9.86. The highest BCUT2D eigenvalue weighted by atomic mass is 32.2. The number of nitrogens with one attached hydrogen (secondary N) is 1. The molecule has 8 nitrogen and oxygen atoms in total. The topological polar surface area (TPSA) is 106 Å². The average Bonchev–Trinajstić information content (AvgIpc) is 2.84. The molecule has 2 heterocycles. The third-order valence-corrected chi connectivity index (χ3v) is 4.19. The van der Waals surface area contributed by atoms with Crippen LogP contribution in [0.1, 0.15) is 19.7 Å². The standard InChI is InChI=1S/C12H20N6O2S/c1-8-15-16-11(17(8)5-4-13)21-7-6-18-9(19)12(2,3)14-10(18)20/h4-7,13H2,1-3H3,(H,14,20). The van der Waals surface area contributed by atoms with Crippen LogP contribution < -0.4 is 11.1 Å². The van der Waals surface area contributed by atoms with E-state index in [4.69, 9.17) is 5.73 Å². The van der Waals surface area contributed by atoms with Crippen molar-refractivity contribution in [1.29, 1.82) is 0 Å². The number of rotatable bonds is 6. The van der Waals surface area contributed by atoms with Gasteiger partial charge in [-0.2, -0.15) is 0 Å². The number of hydrogen-bond acceptors (Lipinski definition) is 6. The summed E-state index contributed by atoms with van der Waals surface area (Å²) in [7, 11) is 0. The predicted molar refractivity (Wildman–Crippen MR) is 78.9 cm³/mol. The number of carbonyl (C=O) groups is 2. The molecular weight excluding hydrogens is 292 g/mol. The summed E-state index contributed by atoms with van der Waals surface area (Å²) in [5.41, 5.74) is 4.74. The number of aryl methyl sites for hydroxylation is 1. The number of nitrogens with zero attached hydrogens (tertiary/aromatic N) is 4. The third-order valence-electron chi connectivity index (χ3n) is 3.24. The SMILES string of the molecule is Cc1nnc(SCCN2C(=O)NC(C)(C)C2=O)n1CCN. The fourth-order valence-electron chi connectivity index (χ4n) is 2.10. The van der Waals surface area contributed by atoms with Crippen LogP contribution in [-0.4, -0.2) is 56.0 Å². The highest BCUT2D eigenvalue weighted by molar-refractivity contribution is 7.99. The van der Waals surface area contributed by atoms with Gasteiger partial charge in [-0.25, -0.2) is 4.79 Å². The van der Waals surface area contributed by atoms with Crippen LogP contribution in [0.2, 0.25) is 0 Å². The molecule has 0 bridgehead atoms. The van der Waals surface area contributed by atoms with E-state index in [1.807, 2.05) is 11.5 Å². The Bertz CT molecular complexity index is 556. The number of thioether (sulfide) groups is 1. The van der Waals surface area contributed by atoms with Crippen molar-refractivity contribution in [3.05, 3.63) is 5.82 Å². The zero-order chi connectivity index (χ0) is 15.6. The molecule has 0 aromatic carbocycles. The average molecular weight is 312 g/mol. The summed E-state index contributed by atoms with van der Waals surface area (Å²) in [5.74, 6) is 1.17. The van der Waals surface area contributed by atoms with E-state index in [-0.39, 0.29) is 11.9 Å². The van der Waals surface area contributed by atoms with Crippen molar-refractivity contribution in [1.82, 2.24) is 25.0 Å². The molecule has 0 aliphatic carbocycles. The number of hydrogen-bond donors (Lipinski definition) is 2. The fraction of sp³-hybridized carbons (Fsp3) is 0.667. The molecule has 0 saturated carbocycles. The lowest BCUT2D eigenvalue weighted by atomic mass is 10.1. The molecule has 21 heavy (non-hydrogen) atoms. The summed E-state index contributed by atoms with van der Waals surface area (Å²) in [4.78, 5) is 25.0. The maximum atomic E-state index is 12.0. The van der Waals surface area contributed by atoms with Gasteiger partial charge >= 0.3 is 6.03 Å². The first kappa shape index (κ1) is 15.8. The van der Waals surface area contributed by atoms with E-state index in [1.54, 1.807) is 13.8 Å². The van der Waals surface area contributed by atoms with E-state index in [1.165, 1.54) is 16.7 Å². The lowest BCUT2D eigenvalue weighted by Gasteiger charge is -2.15. The summed E-state index contributed by atoms with van der Waals surface area (Å²) in [6.45, 7) is 6.76. The number of nitrogens with two attached hydrogens (primary N) is 1. The van der Waals surface area contributed by atoms with Crippen LogP contribution in [0.3, 0.4) is 0 Å². The first-order valence-corrected chi connectivity index (χ1v) is 7.72. The molecule has 9 heteroatoms. The Balaban J connectivity index is 1.93. The highest BCUT2D eigenvalue weighted by Crippen LogP contribution is 2.20. The van der Waals surface area contributed by atoms with Gasteiger partial charge in [0.1, 0.15) is 11.4 Å². The zero-order valence-corrected chi connectivity index (χ0v) is 13.2. The fourth-order valence-corrected chi connectivity index (χ4v) is 3.04. The van der Waals surface area contributed by atoms with Crippen LogP contribution in [-0.2, 0) is 11.3 Å². The van der Waals surface area contributed by atoms with E-state index < -0.39 is 5.54 Å². The second-order valence-corrected chi connectivity index (χ2v) is 6.39. The molecule has 1 saturated heterocycles. The summed E-state index contributed by atoms with van der Waals surface area (Å²) in [6.07, 6.45) is 0. The van der Waals surface area contributed by atoms with Crippen molar-refractivity contribution in [3.8, 4) is 0 Å². The van der Waals surface area contributed by atoms with E-state index in [0.29, 0.717) is 25.4 Å². The molecule has 0 radical (unpaired) electrons. The van der Waals surface area contributed by atoms with Gasteiger partial charge in [0.05, 0.1) is 0 Å². The second kappa shape index (κ2) is 6.02. The largest absolute Gasteiger partial charge is 0.329 e. The van der Waals surface area contributed by atoms with Crippen molar-refractivity contribution >= 4 is 23.7 Å². The van der Waals surface area contributed by atoms with E-state index >= 15 is 0 Å². The number of imide groups is 1. The van der Waals surface area contributed by atoms with Crippen LogP contribution in [0.25, 0.3) is 0 Å². The molecule has 1 aliphatic heterocycles. The Hall–Kier alpha value is -1.61. The van der Waals surface area contributed by atoms with Gasteiger partial charge in [0.15, 0.2) is 5.16 Å². The van der Waals surface area contributed by atoms with Crippen LogP contribution in [0.15, 0.2) is 5.16 Å². The number of carbonyl (C=O) groups excluding carboxylic acids is 2. The minimum atomic E-state index is -0.822. The Morgan fingerprint density at radius 2 is 2.00 bits per heavy atom. The van der Waals surface area contributed by atoms with E-state index in [0.717, 1.165) is 11.0 Å². The highest BCUT2D eigenvalue weighted by Gasteiger charge is 2.43. The summed E-state index contributed by atoms with van der Waals surface area (Å²) < 4.78 is 1.93. The monoisotopic (exact) mass is 312 g/mol. The van der Waals surface area contributed by atoms with E-state index in [2.05, 4.69) is 15.5 Å². The van der Waals surface area contributed by atoms with Crippen LogP contribution in [0.5, 0.6) is 0 Å². The van der Waals surface area contributed by atoms with Crippen LogP contribution in [0, 0.1) is 6.92 Å². The summed E-state index contributed by atoms with van der Waals surface area (Å²) >= 11 is 1.46. The normalized spacial score (nSPS) is 17.4. The maximum Gasteiger partial charge on any atom is 0.325 e. The van der Waals surface area contributed by atoms with Gasteiger partial charge in [0, 0.05) is 25.4 Å². The molecule has 1 aromatic heterocycles. The molecule has 0 spiro atoms. The van der Waals surface area contributed by atoms with Gasteiger partial charge < -0.3 is 15.6 Å². The third kappa shape index (κ3) is 3.18. The van der Waals surface area contributed by atoms with Gasteiger partial charge in [-0.15, -0.1) is 10.2 Å². The van der Waals surface area contributed by atoms with Gasteiger partial charge in [-0.1, -0.05) is 11.8 Å². The van der Waals surface area contributed by atoms with Crippen molar-refractivity contribution in [3.63, 3.8) is 0 Å². The minimum absolute atomic E-state index is 0.201. The quantitative estimate of drug-likeness (QED) is 0.564. The number of urea groups is 1. The van der Waals surface area contributed by atoms with Gasteiger partial charge in [-0.05, 0) is 20.8 Å². The van der Waals surface area contributed by atoms with Gasteiger partial charge in [-0.3, -0.25) is 9.69 Å². The van der Waals surface area contributed by atoms with Crippen LogP contribution >= 0.6 is 11.8 Å². The van der Waals surface area contributed by atoms with Crippen molar-refractivity contribution in [2.75, 3.05) is 18.8 Å². The number of amides is 3. The van der Waals surface area contributed by atoms with Crippen molar-refractivity contribution in [2.24, 2.45) is 5.73 Å². The Morgan fingerprint density at radius 3 is 2.57 bits per heavy atom. The second-order valence-electron chi connectivity index (χ2n) is 5.33. The minimum Gasteiger partial charge on any atom is -0.329 e. The van der Waals surface area contributed by atoms with Crippen molar-refractivity contribution in [2.45, 2.75) is 38.0 Å². The molecule has 0 atom stereocenters. The molecule has 116 valence electrons. The molecule has 3 N–H and O–H groups in total. The molecule has 1 fully saturated rings. The lowest BCUT2D eigenvalue weighted by Crippen LogP contribution is -2.40. The molecule has 1 aromatic rings. The molecule has 3 amide bonds. The van der Waals surface area contributed by atoms with Gasteiger partial charge in [0.25, 0.3) is 5.91 Å². The molecule has 0 unspecified atom stereocenters. The molecule has 2 rings (SSSR count). The number of aromatic nitrogens is 3. The zero-order valence-electron chi connectivity index (χ0n) is 12.4.